The van der Waals surface area contributed by atoms with Gasteiger partial charge in [-0.2, -0.15) is 0 Å². The van der Waals surface area contributed by atoms with Gasteiger partial charge in [0.05, 0.1) is 5.75 Å². The molecule has 4 nitrogen and oxygen atoms in total. The number of carbonyl (C=O) groups is 1. The summed E-state index contributed by atoms with van der Waals surface area (Å²) in [5.41, 5.74) is 2.41. The quantitative estimate of drug-likeness (QED) is 0.805. The van der Waals surface area contributed by atoms with E-state index in [-0.39, 0.29) is 11.3 Å². The smallest absolute Gasteiger partial charge is 0.233 e. The average Bonchev–Trinajstić information content (AvgIpc) is 2.80. The lowest BCUT2D eigenvalue weighted by Crippen LogP contribution is -2.31. The SMILES string of the molecule is CN(C)CCCN1C(=O)CSC1c1ccc(N(C)C)cc1. The highest BCUT2D eigenvalue weighted by Crippen LogP contribution is 2.38. The zero-order chi connectivity index (χ0) is 15.4. The number of hydrogen-bond donors (Lipinski definition) is 0. The lowest BCUT2D eigenvalue weighted by Gasteiger charge is -2.25. The van der Waals surface area contributed by atoms with Gasteiger partial charge < -0.3 is 14.7 Å². The monoisotopic (exact) mass is 307 g/mol. The molecule has 0 N–H and O–H groups in total. The summed E-state index contributed by atoms with van der Waals surface area (Å²) in [7, 11) is 8.21. The first-order valence-electron chi connectivity index (χ1n) is 7.32. The first kappa shape index (κ1) is 16.2. The van der Waals surface area contributed by atoms with E-state index in [1.807, 2.05) is 19.0 Å². The number of nitrogens with zero attached hydrogens (tertiary/aromatic N) is 3. The van der Waals surface area contributed by atoms with E-state index < -0.39 is 0 Å². The molecule has 1 saturated heterocycles. The van der Waals surface area contributed by atoms with Crippen molar-refractivity contribution in [2.75, 3.05) is 51.9 Å². The van der Waals surface area contributed by atoms with Gasteiger partial charge in [-0.05, 0) is 44.8 Å². The molecule has 2 rings (SSSR count). The van der Waals surface area contributed by atoms with Crippen molar-refractivity contribution in [3.63, 3.8) is 0 Å². The number of anilines is 1. The van der Waals surface area contributed by atoms with E-state index in [4.69, 9.17) is 0 Å². The van der Waals surface area contributed by atoms with E-state index >= 15 is 0 Å². The number of thioether (sulfide) groups is 1. The summed E-state index contributed by atoms with van der Waals surface area (Å²) in [4.78, 5) is 18.4. The largest absolute Gasteiger partial charge is 0.378 e. The molecular weight excluding hydrogens is 282 g/mol. The van der Waals surface area contributed by atoms with Crippen LogP contribution in [0.25, 0.3) is 0 Å². The van der Waals surface area contributed by atoms with Crippen LogP contribution in [0.15, 0.2) is 24.3 Å². The number of rotatable bonds is 6. The molecule has 0 aromatic heterocycles. The van der Waals surface area contributed by atoms with Crippen molar-refractivity contribution in [2.45, 2.75) is 11.8 Å². The van der Waals surface area contributed by atoms with Gasteiger partial charge in [0.15, 0.2) is 0 Å². The van der Waals surface area contributed by atoms with Crippen LogP contribution in [0.1, 0.15) is 17.4 Å². The van der Waals surface area contributed by atoms with Crippen molar-refractivity contribution in [1.82, 2.24) is 9.80 Å². The number of benzene rings is 1. The summed E-state index contributed by atoms with van der Waals surface area (Å²) in [5.74, 6) is 0.864. The zero-order valence-corrected chi connectivity index (χ0v) is 14.2. The van der Waals surface area contributed by atoms with E-state index in [1.54, 1.807) is 11.8 Å². The molecule has 0 aliphatic carbocycles. The molecule has 0 saturated carbocycles. The molecular formula is C16H25N3OS. The summed E-state index contributed by atoms with van der Waals surface area (Å²) in [6.45, 7) is 1.85. The second kappa shape index (κ2) is 7.18. The maximum Gasteiger partial charge on any atom is 0.233 e. The Morgan fingerprint density at radius 1 is 1.19 bits per heavy atom. The minimum absolute atomic E-state index is 0.177. The van der Waals surface area contributed by atoms with Gasteiger partial charge in [0.1, 0.15) is 5.37 Å². The zero-order valence-electron chi connectivity index (χ0n) is 13.4. The fourth-order valence-electron chi connectivity index (χ4n) is 2.47. The molecule has 1 fully saturated rings. The Balaban J connectivity index is 2.04. The molecule has 1 aromatic rings. The molecule has 1 unspecified atom stereocenters. The third kappa shape index (κ3) is 4.14. The van der Waals surface area contributed by atoms with Gasteiger partial charge in [-0.25, -0.2) is 0 Å². The van der Waals surface area contributed by atoms with Gasteiger partial charge in [-0.3, -0.25) is 4.79 Å². The molecule has 1 aliphatic rings. The molecule has 0 bridgehead atoms. The Labute approximate surface area is 132 Å². The van der Waals surface area contributed by atoms with Gasteiger partial charge in [0, 0.05) is 26.3 Å². The maximum absolute atomic E-state index is 12.1. The normalized spacial score (nSPS) is 18.6. The van der Waals surface area contributed by atoms with Crippen LogP contribution in [0.4, 0.5) is 5.69 Å². The van der Waals surface area contributed by atoms with E-state index in [1.165, 1.54) is 11.3 Å². The predicted octanol–water partition coefficient (Wildman–Crippen LogP) is 2.28. The Morgan fingerprint density at radius 2 is 1.86 bits per heavy atom. The van der Waals surface area contributed by atoms with E-state index in [2.05, 4.69) is 48.2 Å². The number of carbonyl (C=O) groups excluding carboxylic acids is 1. The first-order valence-corrected chi connectivity index (χ1v) is 8.37. The fraction of sp³-hybridized carbons (Fsp3) is 0.562. The maximum atomic E-state index is 12.1. The highest BCUT2D eigenvalue weighted by molar-refractivity contribution is 8.00. The third-order valence-corrected chi connectivity index (χ3v) is 4.92. The molecule has 5 heteroatoms. The fourth-order valence-corrected chi connectivity index (χ4v) is 3.69. The van der Waals surface area contributed by atoms with Crippen LogP contribution < -0.4 is 4.90 Å². The molecule has 1 heterocycles. The third-order valence-electron chi connectivity index (χ3n) is 3.67. The molecule has 1 atom stereocenters. The van der Waals surface area contributed by atoms with Crippen molar-refractivity contribution < 1.29 is 4.79 Å². The average molecular weight is 307 g/mol. The Hall–Kier alpha value is -1.20. The van der Waals surface area contributed by atoms with Crippen molar-refractivity contribution >= 4 is 23.4 Å². The molecule has 0 radical (unpaired) electrons. The highest BCUT2D eigenvalue weighted by atomic mass is 32.2. The van der Waals surface area contributed by atoms with Gasteiger partial charge in [-0.15, -0.1) is 11.8 Å². The van der Waals surface area contributed by atoms with Gasteiger partial charge in [0.25, 0.3) is 0 Å². The predicted molar refractivity (Wildman–Crippen MR) is 90.9 cm³/mol. The molecule has 1 amide bonds. The van der Waals surface area contributed by atoms with Crippen LogP contribution in [0.2, 0.25) is 0 Å². The van der Waals surface area contributed by atoms with Crippen LogP contribution in [-0.4, -0.2) is 62.7 Å². The van der Waals surface area contributed by atoms with Crippen molar-refractivity contribution in [3.05, 3.63) is 29.8 Å². The van der Waals surface area contributed by atoms with E-state index in [0.717, 1.165) is 19.5 Å². The van der Waals surface area contributed by atoms with Gasteiger partial charge >= 0.3 is 0 Å². The lowest BCUT2D eigenvalue weighted by molar-refractivity contribution is -0.128. The lowest BCUT2D eigenvalue weighted by atomic mass is 10.1. The van der Waals surface area contributed by atoms with Crippen molar-refractivity contribution in [1.29, 1.82) is 0 Å². The second-order valence-electron chi connectivity index (χ2n) is 5.89. The molecule has 21 heavy (non-hydrogen) atoms. The first-order chi connectivity index (χ1) is 9.99. The molecule has 116 valence electrons. The van der Waals surface area contributed by atoms with Crippen LogP contribution in [0.5, 0.6) is 0 Å². The standard InChI is InChI=1S/C16H25N3OS/c1-17(2)10-5-11-19-15(20)12-21-16(19)13-6-8-14(9-7-13)18(3)4/h6-9,16H,5,10-12H2,1-4H3. The Kier molecular flexibility index (Phi) is 5.53. The summed E-state index contributed by atoms with van der Waals surface area (Å²) >= 11 is 1.73. The van der Waals surface area contributed by atoms with Crippen LogP contribution >= 0.6 is 11.8 Å². The topological polar surface area (TPSA) is 26.8 Å². The summed E-state index contributed by atoms with van der Waals surface area (Å²) in [6.07, 6.45) is 1.02. The second-order valence-corrected chi connectivity index (χ2v) is 6.96. The number of amides is 1. The van der Waals surface area contributed by atoms with Crippen LogP contribution in [-0.2, 0) is 4.79 Å². The van der Waals surface area contributed by atoms with Crippen molar-refractivity contribution in [3.8, 4) is 0 Å². The van der Waals surface area contributed by atoms with Crippen molar-refractivity contribution in [2.24, 2.45) is 0 Å². The van der Waals surface area contributed by atoms with Crippen LogP contribution in [0, 0.1) is 0 Å². The Bertz CT molecular complexity index is 473. The highest BCUT2D eigenvalue weighted by Gasteiger charge is 2.32. The van der Waals surface area contributed by atoms with Crippen LogP contribution in [0.3, 0.4) is 0 Å². The minimum Gasteiger partial charge on any atom is -0.378 e. The van der Waals surface area contributed by atoms with E-state index in [0.29, 0.717) is 5.75 Å². The van der Waals surface area contributed by atoms with E-state index in [9.17, 15) is 4.79 Å². The molecule has 1 aliphatic heterocycles. The molecule has 0 spiro atoms. The minimum atomic E-state index is 0.177. The summed E-state index contributed by atoms with van der Waals surface area (Å²) < 4.78 is 0. The number of hydrogen-bond acceptors (Lipinski definition) is 4. The Morgan fingerprint density at radius 3 is 2.43 bits per heavy atom. The molecule has 1 aromatic carbocycles. The van der Waals surface area contributed by atoms with Gasteiger partial charge in [0.2, 0.25) is 5.91 Å². The summed E-state index contributed by atoms with van der Waals surface area (Å²) in [6, 6.07) is 8.53. The van der Waals surface area contributed by atoms with Gasteiger partial charge in [-0.1, -0.05) is 12.1 Å². The summed E-state index contributed by atoms with van der Waals surface area (Å²) in [5, 5.41) is 0.177.